The summed E-state index contributed by atoms with van der Waals surface area (Å²) in [5.74, 6) is -2.12. The van der Waals surface area contributed by atoms with Crippen LogP contribution in [-0.2, 0) is 24.3 Å². The fraction of sp³-hybridized carbons (Fsp3) is 0.316. The number of benzene rings is 1. The highest BCUT2D eigenvalue weighted by Crippen LogP contribution is 2.24. The number of hydrogen-bond donors (Lipinski definition) is 2. The van der Waals surface area contributed by atoms with E-state index in [0.29, 0.717) is 11.3 Å². The van der Waals surface area contributed by atoms with E-state index >= 15 is 0 Å². The van der Waals surface area contributed by atoms with Crippen LogP contribution in [0.25, 0.3) is 0 Å². The van der Waals surface area contributed by atoms with E-state index in [-0.39, 0.29) is 32.8 Å². The number of carbonyl (C=O) groups is 3. The lowest BCUT2D eigenvalue weighted by Crippen LogP contribution is -2.31. The summed E-state index contributed by atoms with van der Waals surface area (Å²) in [5.41, 5.74) is 1.16. The number of H-pyrrole nitrogens is 1. The van der Waals surface area contributed by atoms with E-state index in [2.05, 4.69) is 9.71 Å². The molecule has 12 heteroatoms. The Morgan fingerprint density at radius 3 is 2.39 bits per heavy atom. The maximum absolute atomic E-state index is 12.4. The monoisotopic (exact) mass is 490 g/mol. The molecule has 31 heavy (non-hydrogen) atoms. The van der Waals surface area contributed by atoms with E-state index in [1.807, 2.05) is 0 Å². The first-order chi connectivity index (χ1) is 14.5. The zero-order chi connectivity index (χ0) is 23.3. The summed E-state index contributed by atoms with van der Waals surface area (Å²) >= 11 is 11.6. The van der Waals surface area contributed by atoms with E-state index in [4.69, 9.17) is 32.7 Å². The molecule has 1 aromatic heterocycles. The number of esters is 2. The summed E-state index contributed by atoms with van der Waals surface area (Å²) in [4.78, 5) is 38.9. The van der Waals surface area contributed by atoms with Crippen molar-refractivity contribution in [3.8, 4) is 0 Å². The molecule has 0 saturated heterocycles. The largest absolute Gasteiger partial charge is 0.462 e. The molecule has 0 radical (unpaired) electrons. The van der Waals surface area contributed by atoms with E-state index in [1.54, 1.807) is 20.8 Å². The van der Waals surface area contributed by atoms with Crippen LogP contribution in [0.3, 0.4) is 0 Å². The van der Waals surface area contributed by atoms with Crippen LogP contribution < -0.4 is 4.72 Å². The van der Waals surface area contributed by atoms with E-state index in [1.165, 1.54) is 12.1 Å². The molecule has 0 fully saturated rings. The van der Waals surface area contributed by atoms with Crippen molar-refractivity contribution in [2.24, 2.45) is 0 Å². The maximum atomic E-state index is 12.4. The minimum absolute atomic E-state index is 0.0384. The van der Waals surface area contributed by atoms with Crippen LogP contribution in [0.15, 0.2) is 23.1 Å². The quantitative estimate of drug-likeness (QED) is 0.407. The van der Waals surface area contributed by atoms with Gasteiger partial charge in [-0.1, -0.05) is 23.2 Å². The molecule has 0 unspecified atom stereocenters. The molecule has 1 heterocycles. The Bertz CT molecular complexity index is 1130. The van der Waals surface area contributed by atoms with Crippen molar-refractivity contribution < 1.29 is 32.3 Å². The number of nitrogens with one attached hydrogen (secondary N) is 2. The standard InChI is InChI=1S/C19H20Cl2N2O7S/c1-4-29-19(26)17-10(2)18(23-11(17)3)15(24)9-30-16(25)8-22-31(27,28)12-5-6-13(20)14(21)7-12/h5-7,22-23H,4,8-9H2,1-3H3. The predicted molar refractivity (Wildman–Crippen MR) is 113 cm³/mol. The van der Waals surface area contributed by atoms with Gasteiger partial charge >= 0.3 is 11.9 Å². The molecule has 168 valence electrons. The Labute approximate surface area is 189 Å². The summed E-state index contributed by atoms with van der Waals surface area (Å²) in [7, 11) is -4.05. The van der Waals surface area contributed by atoms with Gasteiger partial charge < -0.3 is 14.5 Å². The summed E-state index contributed by atoms with van der Waals surface area (Å²) in [6.07, 6.45) is 0. The number of ether oxygens (including phenoxy) is 2. The SMILES string of the molecule is CCOC(=O)c1c(C)[nH]c(C(=O)COC(=O)CNS(=O)(=O)c2ccc(Cl)c(Cl)c2)c1C. The van der Waals surface area contributed by atoms with Crippen LogP contribution in [0.5, 0.6) is 0 Å². The molecule has 0 spiro atoms. The molecule has 0 aliphatic carbocycles. The van der Waals surface area contributed by atoms with E-state index in [0.717, 1.165) is 6.07 Å². The Morgan fingerprint density at radius 2 is 1.77 bits per heavy atom. The third-order valence-corrected chi connectivity index (χ3v) is 6.31. The molecule has 9 nitrogen and oxygen atoms in total. The van der Waals surface area contributed by atoms with Gasteiger partial charge in [-0.15, -0.1) is 0 Å². The topological polar surface area (TPSA) is 132 Å². The molecule has 0 atom stereocenters. The van der Waals surface area contributed by atoms with Crippen LogP contribution >= 0.6 is 23.2 Å². The van der Waals surface area contributed by atoms with E-state index < -0.39 is 40.9 Å². The molecular formula is C19H20Cl2N2O7S. The number of sulfonamides is 1. The lowest BCUT2D eigenvalue weighted by atomic mass is 10.1. The molecular weight excluding hydrogens is 471 g/mol. The number of ketones is 1. The average Bonchev–Trinajstić information content (AvgIpc) is 3.01. The van der Waals surface area contributed by atoms with Crippen LogP contribution in [0, 0.1) is 13.8 Å². The fourth-order valence-electron chi connectivity index (χ4n) is 2.69. The van der Waals surface area contributed by atoms with Gasteiger partial charge in [0.25, 0.3) is 0 Å². The van der Waals surface area contributed by atoms with Gasteiger partial charge in [0.1, 0.15) is 6.54 Å². The van der Waals surface area contributed by atoms with Crippen molar-refractivity contribution in [1.29, 1.82) is 0 Å². The fourth-order valence-corrected chi connectivity index (χ4v) is 4.05. The van der Waals surface area contributed by atoms with Crippen molar-refractivity contribution in [1.82, 2.24) is 9.71 Å². The van der Waals surface area contributed by atoms with Gasteiger partial charge in [0.05, 0.1) is 32.8 Å². The summed E-state index contributed by atoms with van der Waals surface area (Å²) < 4.78 is 36.3. The zero-order valence-electron chi connectivity index (χ0n) is 16.9. The van der Waals surface area contributed by atoms with Crippen LogP contribution in [-0.4, -0.2) is 50.9 Å². The molecule has 2 rings (SSSR count). The van der Waals surface area contributed by atoms with Crippen molar-refractivity contribution >= 4 is 50.9 Å². The number of rotatable bonds is 9. The molecule has 2 aromatic rings. The number of aromatic nitrogens is 1. The number of Topliss-reactive ketones (excluding diaryl/α,β-unsaturated/α-hetero) is 1. The second kappa shape index (κ2) is 10.3. The second-order valence-corrected chi connectivity index (χ2v) is 8.91. The number of aryl methyl sites for hydroxylation is 1. The highest BCUT2D eigenvalue weighted by molar-refractivity contribution is 7.89. The Morgan fingerprint density at radius 1 is 1.10 bits per heavy atom. The molecule has 0 aliphatic heterocycles. The normalized spacial score (nSPS) is 11.3. The molecule has 2 N–H and O–H groups in total. The number of aromatic amines is 1. The van der Waals surface area contributed by atoms with Crippen molar-refractivity contribution in [3.63, 3.8) is 0 Å². The number of halogens is 2. The number of hydrogen-bond acceptors (Lipinski definition) is 7. The molecule has 0 saturated carbocycles. The molecule has 0 amide bonds. The first-order valence-electron chi connectivity index (χ1n) is 8.97. The zero-order valence-corrected chi connectivity index (χ0v) is 19.2. The van der Waals surface area contributed by atoms with Crippen LogP contribution in [0.1, 0.15) is 39.0 Å². The Kier molecular flexibility index (Phi) is 8.24. The molecule has 1 aromatic carbocycles. The van der Waals surface area contributed by atoms with Gasteiger partial charge in [-0.2, -0.15) is 4.72 Å². The van der Waals surface area contributed by atoms with Crippen molar-refractivity contribution in [2.75, 3.05) is 19.8 Å². The summed E-state index contributed by atoms with van der Waals surface area (Å²) in [5, 5.41) is 0.219. The van der Waals surface area contributed by atoms with Gasteiger partial charge in [-0.05, 0) is 44.5 Å². The third-order valence-electron chi connectivity index (χ3n) is 4.17. The predicted octanol–water partition coefficient (Wildman–Crippen LogP) is 2.82. The third kappa shape index (κ3) is 6.07. The Balaban J connectivity index is 1.97. The molecule has 0 aliphatic rings. The van der Waals surface area contributed by atoms with Crippen molar-refractivity contribution in [2.45, 2.75) is 25.7 Å². The summed E-state index contributed by atoms with van der Waals surface area (Å²) in [6, 6.07) is 3.67. The van der Waals surface area contributed by atoms with Crippen LogP contribution in [0.2, 0.25) is 10.0 Å². The highest BCUT2D eigenvalue weighted by atomic mass is 35.5. The van der Waals surface area contributed by atoms with Crippen molar-refractivity contribution in [3.05, 3.63) is 50.8 Å². The minimum atomic E-state index is -4.05. The van der Waals surface area contributed by atoms with Crippen LogP contribution in [0.4, 0.5) is 0 Å². The lowest BCUT2D eigenvalue weighted by Gasteiger charge is -2.08. The first-order valence-corrected chi connectivity index (χ1v) is 11.2. The highest BCUT2D eigenvalue weighted by Gasteiger charge is 2.24. The lowest BCUT2D eigenvalue weighted by molar-refractivity contribution is -0.141. The van der Waals surface area contributed by atoms with Gasteiger partial charge in [0.2, 0.25) is 15.8 Å². The van der Waals surface area contributed by atoms with Gasteiger partial charge in [-0.25, -0.2) is 13.2 Å². The maximum Gasteiger partial charge on any atom is 0.340 e. The second-order valence-electron chi connectivity index (χ2n) is 6.33. The average molecular weight is 491 g/mol. The smallest absolute Gasteiger partial charge is 0.340 e. The van der Waals surface area contributed by atoms with Gasteiger partial charge in [0, 0.05) is 5.69 Å². The first kappa shape index (κ1) is 24.9. The minimum Gasteiger partial charge on any atom is -0.462 e. The van der Waals surface area contributed by atoms with Gasteiger partial charge in [-0.3, -0.25) is 9.59 Å². The molecule has 0 bridgehead atoms. The Hall–Kier alpha value is -2.40. The summed E-state index contributed by atoms with van der Waals surface area (Å²) in [6.45, 7) is 3.68. The van der Waals surface area contributed by atoms with E-state index in [9.17, 15) is 22.8 Å². The number of carbonyl (C=O) groups excluding carboxylic acids is 3. The van der Waals surface area contributed by atoms with Gasteiger partial charge in [0.15, 0.2) is 6.61 Å².